The highest BCUT2D eigenvalue weighted by Gasteiger charge is 2.19. The molecule has 14 heavy (non-hydrogen) atoms. The topological polar surface area (TPSA) is 17.1 Å². The highest BCUT2D eigenvalue weighted by molar-refractivity contribution is 5.75. The van der Waals surface area contributed by atoms with E-state index in [0.29, 0.717) is 17.1 Å². The lowest BCUT2D eigenvalue weighted by Gasteiger charge is -2.25. The van der Waals surface area contributed by atoms with Crippen LogP contribution in [0.3, 0.4) is 0 Å². The predicted octanol–water partition coefficient (Wildman–Crippen LogP) is 4.21. The van der Waals surface area contributed by atoms with Gasteiger partial charge in [-0.15, -0.1) is 0 Å². The van der Waals surface area contributed by atoms with Crippen molar-refractivity contribution in [2.45, 2.75) is 66.7 Å². The Kier molecular flexibility index (Phi) is 6.06. The normalized spacial score (nSPS) is 14.1. The lowest BCUT2D eigenvalue weighted by atomic mass is 9.80. The zero-order valence-corrected chi connectivity index (χ0v) is 10.5. The second kappa shape index (κ2) is 6.21. The van der Waals surface area contributed by atoms with Gasteiger partial charge in [0.05, 0.1) is 0 Å². The first-order valence-electron chi connectivity index (χ1n) is 5.84. The zero-order valence-electron chi connectivity index (χ0n) is 10.5. The summed E-state index contributed by atoms with van der Waals surface area (Å²) in [6.07, 6.45) is 5.66. The number of rotatable bonds is 6. The van der Waals surface area contributed by atoms with Gasteiger partial charge in [0.1, 0.15) is 5.78 Å². The summed E-state index contributed by atoms with van der Waals surface area (Å²) in [7, 11) is 0. The summed E-state index contributed by atoms with van der Waals surface area (Å²) in [5.41, 5.74) is 0.355. The molecular weight excluding hydrogens is 172 g/mol. The number of carbonyl (C=O) groups is 1. The molecule has 1 atom stereocenters. The molecule has 0 saturated heterocycles. The third-order valence-corrected chi connectivity index (χ3v) is 2.44. The van der Waals surface area contributed by atoms with Gasteiger partial charge in [0.2, 0.25) is 0 Å². The molecule has 0 rings (SSSR count). The van der Waals surface area contributed by atoms with Crippen LogP contribution in [0.5, 0.6) is 0 Å². The first-order valence-corrected chi connectivity index (χ1v) is 5.84. The summed E-state index contributed by atoms with van der Waals surface area (Å²) in [5.74, 6) is 0.947. The second-order valence-electron chi connectivity index (χ2n) is 5.68. The summed E-state index contributed by atoms with van der Waals surface area (Å²) in [4.78, 5) is 11.1. The van der Waals surface area contributed by atoms with Gasteiger partial charge in [0.15, 0.2) is 0 Å². The average Bonchev–Trinajstić information content (AvgIpc) is 1.96. The number of unbranched alkanes of at least 4 members (excludes halogenated alkanes) is 1. The first-order chi connectivity index (χ1) is 6.35. The van der Waals surface area contributed by atoms with Crippen LogP contribution >= 0.6 is 0 Å². The molecule has 0 radical (unpaired) electrons. The van der Waals surface area contributed by atoms with E-state index in [-0.39, 0.29) is 0 Å². The molecule has 84 valence electrons. The highest BCUT2D eigenvalue weighted by Crippen LogP contribution is 2.29. The summed E-state index contributed by atoms with van der Waals surface area (Å²) in [5, 5.41) is 0. The Morgan fingerprint density at radius 3 is 2.21 bits per heavy atom. The van der Waals surface area contributed by atoms with Crippen LogP contribution in [0.1, 0.15) is 66.7 Å². The van der Waals surface area contributed by atoms with Gasteiger partial charge in [-0.05, 0) is 24.7 Å². The fourth-order valence-electron chi connectivity index (χ4n) is 2.04. The van der Waals surface area contributed by atoms with Crippen molar-refractivity contribution >= 4 is 5.78 Å². The van der Waals surface area contributed by atoms with Crippen molar-refractivity contribution < 1.29 is 4.79 Å². The second-order valence-corrected chi connectivity index (χ2v) is 5.68. The fourth-order valence-corrected chi connectivity index (χ4v) is 2.04. The molecule has 0 spiro atoms. The van der Waals surface area contributed by atoms with E-state index < -0.39 is 0 Å². The van der Waals surface area contributed by atoms with Crippen molar-refractivity contribution in [3.05, 3.63) is 0 Å². The Morgan fingerprint density at radius 1 is 1.29 bits per heavy atom. The molecule has 0 aromatic rings. The molecule has 1 nitrogen and oxygen atoms in total. The molecular formula is C13H26O. The quantitative estimate of drug-likeness (QED) is 0.625. The first kappa shape index (κ1) is 13.7. The van der Waals surface area contributed by atoms with Crippen LogP contribution in [0, 0.1) is 11.3 Å². The van der Waals surface area contributed by atoms with Gasteiger partial charge < -0.3 is 4.79 Å². The van der Waals surface area contributed by atoms with Crippen LogP contribution in [0.15, 0.2) is 0 Å². The maximum Gasteiger partial charge on any atom is 0.130 e. The summed E-state index contributed by atoms with van der Waals surface area (Å²) in [6.45, 7) is 10.7. The number of hydrogen-bond donors (Lipinski definition) is 0. The minimum atomic E-state index is 0.343. The van der Waals surface area contributed by atoms with Gasteiger partial charge in [-0.1, -0.05) is 47.0 Å². The Morgan fingerprint density at radius 2 is 1.86 bits per heavy atom. The van der Waals surface area contributed by atoms with E-state index >= 15 is 0 Å². The molecule has 0 aromatic carbocycles. The van der Waals surface area contributed by atoms with E-state index in [0.717, 1.165) is 6.42 Å². The van der Waals surface area contributed by atoms with Crippen LogP contribution in [-0.4, -0.2) is 5.78 Å². The lowest BCUT2D eigenvalue weighted by molar-refractivity contribution is -0.118. The molecule has 0 amide bonds. The van der Waals surface area contributed by atoms with Crippen molar-refractivity contribution in [1.82, 2.24) is 0 Å². The third-order valence-electron chi connectivity index (χ3n) is 2.44. The van der Waals surface area contributed by atoms with E-state index in [9.17, 15) is 4.79 Å². The molecule has 0 aromatic heterocycles. The number of Topliss-reactive ketones (excluding diaryl/α,β-unsaturated/α-hetero) is 1. The Labute approximate surface area is 89.3 Å². The van der Waals surface area contributed by atoms with Crippen molar-refractivity contribution in [2.75, 3.05) is 0 Å². The molecule has 0 fully saturated rings. The smallest absolute Gasteiger partial charge is 0.130 e. The van der Waals surface area contributed by atoms with E-state index in [1.807, 2.05) is 0 Å². The molecule has 0 bridgehead atoms. The van der Waals surface area contributed by atoms with Gasteiger partial charge in [-0.25, -0.2) is 0 Å². The maximum atomic E-state index is 11.1. The van der Waals surface area contributed by atoms with Crippen molar-refractivity contribution in [3.8, 4) is 0 Å². The maximum absolute atomic E-state index is 11.1. The largest absolute Gasteiger partial charge is 0.300 e. The van der Waals surface area contributed by atoms with E-state index in [2.05, 4.69) is 27.7 Å². The van der Waals surface area contributed by atoms with Gasteiger partial charge in [0, 0.05) is 6.42 Å². The molecule has 0 aliphatic rings. The Hall–Kier alpha value is -0.330. The summed E-state index contributed by atoms with van der Waals surface area (Å²) in [6, 6.07) is 0. The van der Waals surface area contributed by atoms with Crippen molar-refractivity contribution in [2.24, 2.45) is 11.3 Å². The monoisotopic (exact) mass is 198 g/mol. The van der Waals surface area contributed by atoms with Crippen LogP contribution in [-0.2, 0) is 4.79 Å². The van der Waals surface area contributed by atoms with Gasteiger partial charge in [-0.2, -0.15) is 0 Å². The standard InChI is InChI=1S/C13H26O/c1-6-7-8-12(9-11(2)14)10-13(3,4)5/h12H,6-10H2,1-5H3. The number of hydrogen-bond acceptors (Lipinski definition) is 1. The minimum Gasteiger partial charge on any atom is -0.300 e. The fraction of sp³-hybridized carbons (Fsp3) is 0.923. The minimum absolute atomic E-state index is 0.343. The SMILES string of the molecule is CCCCC(CC(C)=O)CC(C)(C)C. The summed E-state index contributed by atoms with van der Waals surface area (Å²) >= 11 is 0. The van der Waals surface area contributed by atoms with E-state index in [1.165, 1.54) is 25.7 Å². The molecule has 0 aliphatic heterocycles. The molecule has 0 saturated carbocycles. The lowest BCUT2D eigenvalue weighted by Crippen LogP contribution is -2.15. The van der Waals surface area contributed by atoms with Gasteiger partial charge in [-0.3, -0.25) is 0 Å². The van der Waals surface area contributed by atoms with Crippen LogP contribution in [0.2, 0.25) is 0 Å². The Balaban J connectivity index is 4.03. The van der Waals surface area contributed by atoms with Crippen LogP contribution in [0.4, 0.5) is 0 Å². The average molecular weight is 198 g/mol. The number of carbonyl (C=O) groups excluding carboxylic acids is 1. The van der Waals surface area contributed by atoms with Crippen LogP contribution < -0.4 is 0 Å². The third kappa shape index (κ3) is 8.28. The molecule has 0 N–H and O–H groups in total. The van der Waals surface area contributed by atoms with Crippen molar-refractivity contribution in [3.63, 3.8) is 0 Å². The molecule has 1 unspecified atom stereocenters. The van der Waals surface area contributed by atoms with Gasteiger partial charge >= 0.3 is 0 Å². The van der Waals surface area contributed by atoms with Crippen molar-refractivity contribution in [1.29, 1.82) is 0 Å². The predicted molar refractivity (Wildman–Crippen MR) is 62.4 cm³/mol. The molecule has 0 heterocycles. The zero-order chi connectivity index (χ0) is 11.2. The molecule has 0 aliphatic carbocycles. The number of ketones is 1. The summed E-state index contributed by atoms with van der Waals surface area (Å²) < 4.78 is 0. The Bertz CT molecular complexity index is 165. The van der Waals surface area contributed by atoms with E-state index in [1.54, 1.807) is 6.92 Å². The molecule has 1 heteroatoms. The van der Waals surface area contributed by atoms with Crippen LogP contribution in [0.25, 0.3) is 0 Å². The van der Waals surface area contributed by atoms with E-state index in [4.69, 9.17) is 0 Å². The van der Waals surface area contributed by atoms with Gasteiger partial charge in [0.25, 0.3) is 0 Å². The highest BCUT2D eigenvalue weighted by atomic mass is 16.1.